The van der Waals surface area contributed by atoms with E-state index < -0.39 is 6.04 Å². The molecule has 0 radical (unpaired) electrons. The summed E-state index contributed by atoms with van der Waals surface area (Å²) < 4.78 is 13.8. The van der Waals surface area contributed by atoms with E-state index in [4.69, 9.17) is 0 Å². The van der Waals surface area contributed by atoms with Crippen LogP contribution in [-0.2, 0) is 22.6 Å². The molecule has 0 bridgehead atoms. The average molecular weight is 392 g/mol. The van der Waals surface area contributed by atoms with Crippen LogP contribution in [0.4, 0.5) is 4.39 Å². The van der Waals surface area contributed by atoms with E-state index in [1.807, 2.05) is 56.3 Å². The van der Waals surface area contributed by atoms with E-state index in [1.54, 1.807) is 18.2 Å². The van der Waals surface area contributed by atoms with Crippen molar-refractivity contribution in [2.45, 2.75) is 32.9 Å². The predicted molar refractivity (Wildman–Crippen MR) is 113 cm³/mol. The monoisotopic (exact) mass is 392 g/mol. The van der Waals surface area contributed by atoms with Crippen LogP contribution in [0.3, 0.4) is 0 Å². The molecule has 2 N–H and O–H groups in total. The Labute approximate surface area is 170 Å². The van der Waals surface area contributed by atoms with Gasteiger partial charge in [-0.15, -0.1) is 0 Å². The van der Waals surface area contributed by atoms with Crippen molar-refractivity contribution in [3.63, 3.8) is 0 Å². The lowest BCUT2D eigenvalue weighted by atomic mass is 10.00. The number of fused-ring (bicyclic) bond motifs is 1. The molecular weight excluding hydrogens is 367 g/mol. The van der Waals surface area contributed by atoms with Gasteiger partial charge in [0.2, 0.25) is 11.8 Å². The number of benzene rings is 3. The first-order valence-electron chi connectivity index (χ1n) is 9.73. The van der Waals surface area contributed by atoms with E-state index in [2.05, 4.69) is 10.6 Å². The Balaban J connectivity index is 1.65. The molecule has 29 heavy (non-hydrogen) atoms. The van der Waals surface area contributed by atoms with Gasteiger partial charge in [-0.1, -0.05) is 74.5 Å². The molecule has 0 aromatic heterocycles. The summed E-state index contributed by atoms with van der Waals surface area (Å²) in [5, 5.41) is 7.66. The molecule has 5 heteroatoms. The fraction of sp³-hybridized carbons (Fsp3) is 0.250. The zero-order valence-corrected chi connectivity index (χ0v) is 16.6. The molecule has 1 atom stereocenters. The maximum absolute atomic E-state index is 13.8. The SMILES string of the molecule is CC(C)[C@H](NC(=O)Cc1cccc2ccccc12)C(=O)NCc1ccccc1F. The molecular formula is C24H25FN2O2. The smallest absolute Gasteiger partial charge is 0.243 e. The summed E-state index contributed by atoms with van der Waals surface area (Å²) in [6.45, 7) is 3.81. The van der Waals surface area contributed by atoms with Crippen LogP contribution in [-0.4, -0.2) is 17.9 Å². The van der Waals surface area contributed by atoms with Crippen LogP contribution < -0.4 is 10.6 Å². The lowest BCUT2D eigenvalue weighted by Crippen LogP contribution is -2.50. The number of halogens is 1. The lowest BCUT2D eigenvalue weighted by Gasteiger charge is -2.22. The van der Waals surface area contributed by atoms with Crippen molar-refractivity contribution in [1.82, 2.24) is 10.6 Å². The van der Waals surface area contributed by atoms with Crippen molar-refractivity contribution in [3.05, 3.63) is 83.7 Å². The molecule has 3 rings (SSSR count). The Bertz CT molecular complexity index is 1010. The molecule has 0 unspecified atom stereocenters. The van der Waals surface area contributed by atoms with Gasteiger partial charge in [0.05, 0.1) is 6.42 Å². The Morgan fingerprint density at radius 2 is 1.55 bits per heavy atom. The topological polar surface area (TPSA) is 58.2 Å². The molecule has 0 fully saturated rings. The van der Waals surface area contributed by atoms with Gasteiger partial charge in [-0.25, -0.2) is 4.39 Å². The minimum atomic E-state index is -0.691. The van der Waals surface area contributed by atoms with Gasteiger partial charge in [-0.3, -0.25) is 9.59 Å². The van der Waals surface area contributed by atoms with Gasteiger partial charge < -0.3 is 10.6 Å². The highest BCUT2D eigenvalue weighted by molar-refractivity contribution is 5.92. The highest BCUT2D eigenvalue weighted by Gasteiger charge is 2.24. The number of rotatable bonds is 7. The van der Waals surface area contributed by atoms with Crippen molar-refractivity contribution < 1.29 is 14.0 Å². The van der Waals surface area contributed by atoms with E-state index in [0.717, 1.165) is 16.3 Å². The van der Waals surface area contributed by atoms with E-state index in [1.165, 1.54) is 6.07 Å². The molecule has 0 saturated carbocycles. The van der Waals surface area contributed by atoms with Gasteiger partial charge in [-0.05, 0) is 28.3 Å². The van der Waals surface area contributed by atoms with Crippen molar-refractivity contribution in [3.8, 4) is 0 Å². The maximum Gasteiger partial charge on any atom is 0.243 e. The van der Waals surface area contributed by atoms with Crippen LogP contribution in [0.15, 0.2) is 66.7 Å². The first-order valence-corrected chi connectivity index (χ1v) is 9.73. The standard InChI is InChI=1S/C24H25FN2O2/c1-16(2)23(24(29)26-15-19-9-4-6-13-21(19)25)27-22(28)14-18-11-7-10-17-8-3-5-12-20(17)18/h3-13,16,23H,14-15H2,1-2H3,(H,26,29)(H,27,28)/t23-/m0/s1. The molecule has 0 heterocycles. The zero-order valence-electron chi connectivity index (χ0n) is 16.6. The second-order valence-electron chi connectivity index (χ2n) is 7.41. The van der Waals surface area contributed by atoms with Crippen molar-refractivity contribution in [2.75, 3.05) is 0 Å². The molecule has 3 aromatic carbocycles. The van der Waals surface area contributed by atoms with Crippen LogP contribution in [0.1, 0.15) is 25.0 Å². The van der Waals surface area contributed by atoms with E-state index in [0.29, 0.717) is 5.56 Å². The molecule has 0 spiro atoms. The highest BCUT2D eigenvalue weighted by Crippen LogP contribution is 2.19. The summed E-state index contributed by atoms with van der Waals surface area (Å²) in [5.74, 6) is -1.02. The van der Waals surface area contributed by atoms with Gasteiger partial charge in [0.1, 0.15) is 11.9 Å². The number of carbonyl (C=O) groups is 2. The Morgan fingerprint density at radius 3 is 2.31 bits per heavy atom. The van der Waals surface area contributed by atoms with Crippen LogP contribution in [0, 0.1) is 11.7 Å². The predicted octanol–water partition coefficient (Wildman–Crippen LogP) is 3.98. The number of hydrogen-bond acceptors (Lipinski definition) is 2. The quantitative estimate of drug-likeness (QED) is 0.639. The second-order valence-corrected chi connectivity index (χ2v) is 7.41. The minimum absolute atomic E-state index is 0.0773. The van der Waals surface area contributed by atoms with Crippen molar-refractivity contribution in [1.29, 1.82) is 0 Å². The summed E-state index contributed by atoms with van der Waals surface area (Å²) in [7, 11) is 0. The van der Waals surface area contributed by atoms with Crippen LogP contribution in [0.25, 0.3) is 10.8 Å². The van der Waals surface area contributed by atoms with Gasteiger partial charge in [0.25, 0.3) is 0 Å². The number of amides is 2. The minimum Gasteiger partial charge on any atom is -0.350 e. The number of carbonyl (C=O) groups excluding carboxylic acids is 2. The molecule has 0 aliphatic rings. The van der Waals surface area contributed by atoms with Crippen molar-refractivity contribution >= 4 is 22.6 Å². The Hall–Kier alpha value is -3.21. The lowest BCUT2D eigenvalue weighted by molar-refractivity contribution is -0.129. The zero-order chi connectivity index (χ0) is 20.8. The molecule has 0 saturated heterocycles. The Kier molecular flexibility index (Phi) is 6.60. The highest BCUT2D eigenvalue weighted by atomic mass is 19.1. The van der Waals surface area contributed by atoms with E-state index >= 15 is 0 Å². The number of nitrogens with one attached hydrogen (secondary N) is 2. The third-order valence-electron chi connectivity index (χ3n) is 4.91. The van der Waals surface area contributed by atoms with Crippen LogP contribution in [0.2, 0.25) is 0 Å². The first-order chi connectivity index (χ1) is 14.0. The second kappa shape index (κ2) is 9.32. The maximum atomic E-state index is 13.8. The van der Waals surface area contributed by atoms with Crippen LogP contribution >= 0.6 is 0 Å². The summed E-state index contributed by atoms with van der Waals surface area (Å²) >= 11 is 0. The molecule has 2 amide bonds. The van der Waals surface area contributed by atoms with E-state index in [-0.39, 0.29) is 36.5 Å². The van der Waals surface area contributed by atoms with Gasteiger partial charge in [-0.2, -0.15) is 0 Å². The molecule has 3 aromatic rings. The molecule has 0 aliphatic heterocycles. The van der Waals surface area contributed by atoms with Gasteiger partial charge in [0.15, 0.2) is 0 Å². The fourth-order valence-electron chi connectivity index (χ4n) is 3.31. The molecule has 0 aliphatic carbocycles. The molecule has 4 nitrogen and oxygen atoms in total. The summed E-state index contributed by atoms with van der Waals surface area (Å²) in [4.78, 5) is 25.3. The Morgan fingerprint density at radius 1 is 0.897 bits per heavy atom. The van der Waals surface area contributed by atoms with Gasteiger partial charge in [0, 0.05) is 12.1 Å². The first kappa shape index (κ1) is 20.5. The largest absolute Gasteiger partial charge is 0.350 e. The van der Waals surface area contributed by atoms with Crippen LogP contribution in [0.5, 0.6) is 0 Å². The fourth-order valence-corrected chi connectivity index (χ4v) is 3.31. The van der Waals surface area contributed by atoms with E-state index in [9.17, 15) is 14.0 Å². The third kappa shape index (κ3) is 5.19. The molecule has 150 valence electrons. The summed E-state index contributed by atoms with van der Waals surface area (Å²) in [6.07, 6.45) is 0.186. The average Bonchev–Trinajstić information content (AvgIpc) is 2.71. The third-order valence-corrected chi connectivity index (χ3v) is 4.91. The van der Waals surface area contributed by atoms with Gasteiger partial charge >= 0.3 is 0 Å². The number of hydrogen-bond donors (Lipinski definition) is 2. The summed E-state index contributed by atoms with van der Waals surface area (Å²) in [6, 6.07) is 19.3. The normalized spacial score (nSPS) is 12.0. The van der Waals surface area contributed by atoms with Crippen molar-refractivity contribution in [2.24, 2.45) is 5.92 Å². The summed E-state index contributed by atoms with van der Waals surface area (Å²) in [5.41, 5.74) is 1.32.